The Bertz CT molecular complexity index is 867. The van der Waals surface area contributed by atoms with E-state index in [1.165, 1.54) is 24.4 Å². The summed E-state index contributed by atoms with van der Waals surface area (Å²) in [5.74, 6) is -0.296. The third kappa shape index (κ3) is 2.27. The van der Waals surface area contributed by atoms with Gasteiger partial charge < -0.3 is 0 Å². The Hall–Kier alpha value is -3.02. The summed E-state index contributed by atoms with van der Waals surface area (Å²) >= 11 is 0. The quantitative estimate of drug-likeness (QED) is 0.420. The van der Waals surface area contributed by atoms with Gasteiger partial charge in [-0.05, 0) is 24.6 Å². The smallest absolute Gasteiger partial charge is 0.270 e. The molecular formula is C15H11N3O3. The fourth-order valence-electron chi connectivity index (χ4n) is 2.16. The number of aromatic nitrogens is 2. The largest absolute Gasteiger partial charge is 0.297 e. The summed E-state index contributed by atoms with van der Waals surface area (Å²) in [7, 11) is 0. The zero-order chi connectivity index (χ0) is 15.0. The van der Waals surface area contributed by atoms with Gasteiger partial charge in [-0.25, -0.2) is 4.98 Å². The first-order valence-corrected chi connectivity index (χ1v) is 6.29. The van der Waals surface area contributed by atoms with Crippen LogP contribution in [0.15, 0.2) is 48.8 Å². The second-order valence-corrected chi connectivity index (χ2v) is 4.71. The lowest BCUT2D eigenvalue weighted by atomic mass is 10.1. The van der Waals surface area contributed by atoms with E-state index in [9.17, 15) is 14.9 Å². The van der Waals surface area contributed by atoms with Crippen LogP contribution in [0, 0.1) is 17.0 Å². The standard InChI is InChI=1S/C15H11N3O3/c1-10-5-6-17-13(9-16-14(17)7-10)15(19)11-3-2-4-12(8-11)18(20)21/h2-9H,1H3. The maximum absolute atomic E-state index is 12.5. The maximum Gasteiger partial charge on any atom is 0.270 e. The van der Waals surface area contributed by atoms with E-state index in [2.05, 4.69) is 4.98 Å². The molecule has 0 fully saturated rings. The molecule has 21 heavy (non-hydrogen) atoms. The van der Waals surface area contributed by atoms with Crippen LogP contribution in [0.4, 0.5) is 5.69 Å². The van der Waals surface area contributed by atoms with Gasteiger partial charge in [-0.3, -0.25) is 19.3 Å². The molecule has 0 radical (unpaired) electrons. The molecule has 0 unspecified atom stereocenters. The lowest BCUT2D eigenvalue weighted by Crippen LogP contribution is -2.05. The summed E-state index contributed by atoms with van der Waals surface area (Å²) in [5.41, 5.74) is 2.26. The summed E-state index contributed by atoms with van der Waals surface area (Å²) in [6.45, 7) is 1.94. The number of carbonyl (C=O) groups is 1. The molecule has 6 heteroatoms. The van der Waals surface area contributed by atoms with Gasteiger partial charge in [-0.1, -0.05) is 12.1 Å². The summed E-state index contributed by atoms with van der Waals surface area (Å²) in [4.78, 5) is 27.0. The SMILES string of the molecule is Cc1ccn2c(C(=O)c3cccc([N+](=O)[O-])c3)cnc2c1. The van der Waals surface area contributed by atoms with Crippen molar-refractivity contribution in [3.8, 4) is 0 Å². The Morgan fingerprint density at radius 3 is 2.86 bits per heavy atom. The van der Waals surface area contributed by atoms with Gasteiger partial charge in [0.1, 0.15) is 11.3 Å². The molecular weight excluding hydrogens is 270 g/mol. The van der Waals surface area contributed by atoms with Gasteiger partial charge in [-0.2, -0.15) is 0 Å². The molecule has 0 atom stereocenters. The van der Waals surface area contributed by atoms with E-state index in [1.807, 2.05) is 19.1 Å². The minimum atomic E-state index is -0.519. The number of rotatable bonds is 3. The van der Waals surface area contributed by atoms with Crippen LogP contribution in [0.2, 0.25) is 0 Å². The first kappa shape index (κ1) is 13.0. The molecule has 0 amide bonds. The Kier molecular flexibility index (Phi) is 2.98. The normalized spacial score (nSPS) is 10.7. The van der Waals surface area contributed by atoms with Crippen LogP contribution in [0.1, 0.15) is 21.6 Å². The number of pyridine rings is 1. The highest BCUT2D eigenvalue weighted by Crippen LogP contribution is 2.18. The molecule has 0 N–H and O–H groups in total. The topological polar surface area (TPSA) is 77.5 Å². The molecule has 0 saturated carbocycles. The van der Waals surface area contributed by atoms with E-state index in [-0.39, 0.29) is 17.0 Å². The minimum absolute atomic E-state index is 0.106. The minimum Gasteiger partial charge on any atom is -0.297 e. The van der Waals surface area contributed by atoms with E-state index in [0.717, 1.165) is 5.56 Å². The predicted molar refractivity (Wildman–Crippen MR) is 76.5 cm³/mol. The average Bonchev–Trinajstić information content (AvgIpc) is 2.89. The third-order valence-electron chi connectivity index (χ3n) is 3.22. The van der Waals surface area contributed by atoms with Crippen molar-refractivity contribution < 1.29 is 9.72 Å². The van der Waals surface area contributed by atoms with Crippen molar-refractivity contribution in [1.29, 1.82) is 0 Å². The van der Waals surface area contributed by atoms with Gasteiger partial charge in [-0.15, -0.1) is 0 Å². The zero-order valence-electron chi connectivity index (χ0n) is 11.2. The van der Waals surface area contributed by atoms with Gasteiger partial charge in [0, 0.05) is 23.9 Å². The molecule has 0 aliphatic heterocycles. The first-order valence-electron chi connectivity index (χ1n) is 6.29. The number of hydrogen-bond acceptors (Lipinski definition) is 4. The van der Waals surface area contributed by atoms with Crippen LogP contribution >= 0.6 is 0 Å². The molecule has 2 heterocycles. The van der Waals surface area contributed by atoms with Crippen LogP contribution in [0.5, 0.6) is 0 Å². The van der Waals surface area contributed by atoms with Crippen molar-refractivity contribution in [3.05, 3.63) is 75.7 Å². The van der Waals surface area contributed by atoms with E-state index in [4.69, 9.17) is 0 Å². The molecule has 3 rings (SSSR count). The highest BCUT2D eigenvalue weighted by molar-refractivity contribution is 6.08. The number of carbonyl (C=O) groups excluding carboxylic acids is 1. The maximum atomic E-state index is 12.5. The number of nitro groups is 1. The summed E-state index contributed by atoms with van der Waals surface area (Å²) < 4.78 is 1.67. The molecule has 0 bridgehead atoms. The van der Waals surface area contributed by atoms with Crippen LogP contribution in [-0.4, -0.2) is 20.1 Å². The molecule has 6 nitrogen and oxygen atoms in total. The lowest BCUT2D eigenvalue weighted by molar-refractivity contribution is -0.384. The average molecular weight is 281 g/mol. The fourth-order valence-corrected chi connectivity index (χ4v) is 2.16. The second kappa shape index (κ2) is 4.82. The van der Waals surface area contributed by atoms with E-state index >= 15 is 0 Å². The number of aryl methyl sites for hydroxylation is 1. The van der Waals surface area contributed by atoms with Crippen molar-refractivity contribution in [2.45, 2.75) is 6.92 Å². The van der Waals surface area contributed by atoms with Crippen molar-refractivity contribution in [2.24, 2.45) is 0 Å². The highest BCUT2D eigenvalue weighted by atomic mass is 16.6. The number of hydrogen-bond donors (Lipinski definition) is 0. The van der Waals surface area contributed by atoms with Crippen LogP contribution in [0.3, 0.4) is 0 Å². The van der Waals surface area contributed by atoms with Gasteiger partial charge >= 0.3 is 0 Å². The monoisotopic (exact) mass is 281 g/mol. The molecule has 0 saturated heterocycles. The molecule has 104 valence electrons. The molecule has 0 aliphatic carbocycles. The first-order chi connectivity index (χ1) is 10.1. The Labute approximate surface area is 119 Å². The second-order valence-electron chi connectivity index (χ2n) is 4.71. The molecule has 2 aromatic heterocycles. The van der Waals surface area contributed by atoms with Crippen molar-refractivity contribution >= 4 is 17.1 Å². The molecule has 0 spiro atoms. The Morgan fingerprint density at radius 2 is 2.10 bits per heavy atom. The number of nitro benzene ring substituents is 1. The van der Waals surface area contributed by atoms with Crippen LogP contribution in [0.25, 0.3) is 5.65 Å². The van der Waals surface area contributed by atoms with Crippen molar-refractivity contribution in [3.63, 3.8) is 0 Å². The lowest BCUT2D eigenvalue weighted by Gasteiger charge is -2.02. The zero-order valence-corrected chi connectivity index (χ0v) is 11.2. The Morgan fingerprint density at radius 1 is 1.29 bits per heavy atom. The Balaban J connectivity index is 2.08. The van der Waals surface area contributed by atoms with E-state index < -0.39 is 4.92 Å². The van der Waals surface area contributed by atoms with Gasteiger partial charge in [0.15, 0.2) is 0 Å². The summed E-state index contributed by atoms with van der Waals surface area (Å²) in [6, 6.07) is 9.43. The van der Waals surface area contributed by atoms with Gasteiger partial charge in [0.05, 0.1) is 11.1 Å². The van der Waals surface area contributed by atoms with E-state index in [1.54, 1.807) is 16.7 Å². The number of ketones is 1. The molecule has 1 aromatic carbocycles. The van der Waals surface area contributed by atoms with E-state index in [0.29, 0.717) is 11.3 Å². The number of nitrogens with zero attached hydrogens (tertiary/aromatic N) is 3. The fraction of sp³-hybridized carbons (Fsp3) is 0.0667. The third-order valence-corrected chi connectivity index (χ3v) is 3.22. The van der Waals surface area contributed by atoms with Gasteiger partial charge in [0.25, 0.3) is 5.69 Å². The number of fused-ring (bicyclic) bond motifs is 1. The number of imidazole rings is 1. The predicted octanol–water partition coefficient (Wildman–Crippen LogP) is 2.78. The number of benzene rings is 1. The van der Waals surface area contributed by atoms with Crippen LogP contribution < -0.4 is 0 Å². The molecule has 0 aliphatic rings. The summed E-state index contributed by atoms with van der Waals surface area (Å²) in [6.07, 6.45) is 3.25. The molecule has 3 aromatic rings. The highest BCUT2D eigenvalue weighted by Gasteiger charge is 2.17. The van der Waals surface area contributed by atoms with Crippen LogP contribution in [-0.2, 0) is 0 Å². The van der Waals surface area contributed by atoms with Crippen molar-refractivity contribution in [2.75, 3.05) is 0 Å². The van der Waals surface area contributed by atoms with Crippen molar-refractivity contribution in [1.82, 2.24) is 9.38 Å². The number of non-ortho nitro benzene ring substituents is 1. The van der Waals surface area contributed by atoms with Gasteiger partial charge in [0.2, 0.25) is 5.78 Å². The summed E-state index contributed by atoms with van der Waals surface area (Å²) in [5, 5.41) is 10.8.